The fraction of sp³-hybridized carbons (Fsp3) is 0.455. The van der Waals surface area contributed by atoms with Gasteiger partial charge in [0, 0.05) is 0 Å². The van der Waals surface area contributed by atoms with Gasteiger partial charge in [-0.05, 0) is 31.5 Å². The van der Waals surface area contributed by atoms with E-state index >= 15 is 0 Å². The number of carbonyl (C=O) groups is 1. The van der Waals surface area contributed by atoms with Gasteiger partial charge in [-0.15, -0.1) is 0 Å². The number of hydrogen-bond acceptors (Lipinski definition) is 3. The minimum atomic E-state index is -4.56. The third-order valence-electron chi connectivity index (χ3n) is 2.82. The highest BCUT2D eigenvalue weighted by molar-refractivity contribution is 5.82. The molecule has 1 fully saturated rings. The number of carbonyl (C=O) groups excluding carboxylic acids is 1. The first kappa shape index (κ1) is 13.6. The number of pyridine rings is 1. The maximum absolute atomic E-state index is 12.4. The number of amides is 1. The highest BCUT2D eigenvalue weighted by Crippen LogP contribution is 2.27. The molecule has 1 aliphatic heterocycles. The summed E-state index contributed by atoms with van der Waals surface area (Å²) in [5.74, 6) is -0.500. The Morgan fingerprint density at radius 1 is 1.47 bits per heavy atom. The molecule has 2 N–H and O–H groups in total. The van der Waals surface area contributed by atoms with Gasteiger partial charge < -0.3 is 10.5 Å². The summed E-state index contributed by atoms with van der Waals surface area (Å²) in [6.45, 7) is 0.706. The molecule has 0 saturated carbocycles. The Labute approximate surface area is 106 Å². The predicted octanol–water partition coefficient (Wildman–Crippen LogP) is 0.923. The lowest BCUT2D eigenvalue weighted by atomic mass is 10.2. The van der Waals surface area contributed by atoms with E-state index in [4.69, 9.17) is 0 Å². The highest BCUT2D eigenvalue weighted by Gasteiger charge is 2.31. The standard InChI is InChI=1S/C11H12F3N3O2/c12-11(13,14)7-3-4-9(17(19)6-7)16-10(18)8-2-1-5-15-8/h3-4,6,8,15,19H,1-2,5H2/t8-/m0/s1. The number of halogens is 3. The number of alkyl halides is 3. The quantitative estimate of drug-likeness (QED) is 0.749. The molecule has 1 saturated heterocycles. The monoisotopic (exact) mass is 275 g/mol. The van der Waals surface area contributed by atoms with Crippen LogP contribution >= 0.6 is 0 Å². The molecule has 0 bridgehead atoms. The van der Waals surface area contributed by atoms with Crippen molar-refractivity contribution in [3.63, 3.8) is 0 Å². The molecule has 1 atom stereocenters. The fourth-order valence-electron chi connectivity index (χ4n) is 1.82. The molecule has 19 heavy (non-hydrogen) atoms. The molecule has 2 heterocycles. The number of nitrogens with zero attached hydrogens (tertiary/aromatic N) is 2. The Morgan fingerprint density at radius 2 is 2.21 bits per heavy atom. The van der Waals surface area contributed by atoms with E-state index in [9.17, 15) is 23.2 Å². The van der Waals surface area contributed by atoms with Crippen LogP contribution in [-0.2, 0) is 11.0 Å². The van der Waals surface area contributed by atoms with Crippen molar-refractivity contribution in [1.29, 1.82) is 0 Å². The van der Waals surface area contributed by atoms with Crippen LogP contribution in [0.15, 0.2) is 23.3 Å². The minimum Gasteiger partial charge on any atom is -0.427 e. The second-order valence-corrected chi connectivity index (χ2v) is 4.22. The van der Waals surface area contributed by atoms with Crippen molar-refractivity contribution >= 4 is 5.91 Å². The van der Waals surface area contributed by atoms with Gasteiger partial charge in [0.1, 0.15) is 0 Å². The van der Waals surface area contributed by atoms with Crippen LogP contribution < -0.4 is 10.8 Å². The molecule has 1 aliphatic rings. The first-order chi connectivity index (χ1) is 8.88. The van der Waals surface area contributed by atoms with Gasteiger partial charge >= 0.3 is 6.18 Å². The summed E-state index contributed by atoms with van der Waals surface area (Å²) in [7, 11) is 0. The summed E-state index contributed by atoms with van der Waals surface area (Å²) >= 11 is 0. The summed E-state index contributed by atoms with van der Waals surface area (Å²) < 4.78 is 37.3. The molecular formula is C11H12F3N3O2. The average Bonchev–Trinajstić information content (AvgIpc) is 2.84. The van der Waals surface area contributed by atoms with Crippen LogP contribution in [0, 0.1) is 0 Å². The first-order valence-corrected chi connectivity index (χ1v) is 5.69. The first-order valence-electron chi connectivity index (χ1n) is 5.69. The van der Waals surface area contributed by atoms with Crippen molar-refractivity contribution < 1.29 is 23.2 Å². The molecule has 0 aliphatic carbocycles. The van der Waals surface area contributed by atoms with Gasteiger partial charge in [0.25, 0.3) is 5.91 Å². The molecule has 2 rings (SSSR count). The summed E-state index contributed by atoms with van der Waals surface area (Å²) in [6, 6.07) is 1.29. The lowest BCUT2D eigenvalue weighted by molar-refractivity contribution is -0.138. The minimum absolute atomic E-state index is 0.204. The van der Waals surface area contributed by atoms with E-state index in [2.05, 4.69) is 10.3 Å². The maximum Gasteiger partial charge on any atom is 0.417 e. The van der Waals surface area contributed by atoms with E-state index in [1.807, 2.05) is 0 Å². The summed E-state index contributed by atoms with van der Waals surface area (Å²) in [5, 5.41) is 12.3. The van der Waals surface area contributed by atoms with Crippen LogP contribution in [0.3, 0.4) is 0 Å². The molecule has 8 heteroatoms. The molecule has 1 aromatic heterocycles. The maximum atomic E-state index is 12.4. The fourth-order valence-corrected chi connectivity index (χ4v) is 1.82. The van der Waals surface area contributed by atoms with E-state index in [-0.39, 0.29) is 10.2 Å². The second-order valence-electron chi connectivity index (χ2n) is 4.22. The number of rotatable bonds is 1. The zero-order chi connectivity index (χ0) is 14.0. The predicted molar refractivity (Wildman–Crippen MR) is 58.2 cm³/mol. The zero-order valence-corrected chi connectivity index (χ0v) is 9.81. The van der Waals surface area contributed by atoms with Gasteiger partial charge in [-0.25, -0.2) is 0 Å². The third-order valence-corrected chi connectivity index (χ3v) is 2.82. The normalized spacial score (nSPS) is 20.8. The molecular weight excluding hydrogens is 263 g/mol. The Balaban J connectivity index is 2.28. The highest BCUT2D eigenvalue weighted by atomic mass is 19.4. The van der Waals surface area contributed by atoms with Crippen molar-refractivity contribution in [2.45, 2.75) is 25.1 Å². The smallest absolute Gasteiger partial charge is 0.417 e. The van der Waals surface area contributed by atoms with Crippen molar-refractivity contribution in [3.05, 3.63) is 29.4 Å². The van der Waals surface area contributed by atoms with Crippen LogP contribution in [0.4, 0.5) is 13.2 Å². The topological polar surface area (TPSA) is 66.6 Å². The Bertz CT molecular complexity index is 545. The van der Waals surface area contributed by atoms with Crippen molar-refractivity contribution in [1.82, 2.24) is 10.0 Å². The largest absolute Gasteiger partial charge is 0.427 e. The Hall–Kier alpha value is -1.83. The number of aromatic nitrogens is 1. The van der Waals surface area contributed by atoms with Crippen LogP contribution in [0.5, 0.6) is 0 Å². The molecule has 1 amide bonds. The molecule has 0 unspecified atom stereocenters. The van der Waals surface area contributed by atoms with Gasteiger partial charge in [0.05, 0.1) is 17.8 Å². The van der Waals surface area contributed by atoms with Gasteiger partial charge in [-0.2, -0.15) is 22.9 Å². The van der Waals surface area contributed by atoms with Gasteiger partial charge in [-0.3, -0.25) is 4.79 Å². The Kier molecular flexibility index (Phi) is 3.61. The molecule has 5 nitrogen and oxygen atoms in total. The van der Waals surface area contributed by atoms with E-state index in [1.54, 1.807) is 0 Å². The molecule has 104 valence electrons. The Morgan fingerprint density at radius 3 is 2.74 bits per heavy atom. The summed E-state index contributed by atoms with van der Waals surface area (Å²) in [5.41, 5.74) is -1.24. The second kappa shape index (κ2) is 5.04. The van der Waals surface area contributed by atoms with Crippen molar-refractivity contribution in [3.8, 4) is 0 Å². The average molecular weight is 275 g/mol. The lowest BCUT2D eigenvalue weighted by Gasteiger charge is -2.08. The van der Waals surface area contributed by atoms with E-state index < -0.39 is 23.7 Å². The number of hydrogen-bond donors (Lipinski definition) is 2. The number of nitrogens with one attached hydrogen (secondary N) is 1. The van der Waals surface area contributed by atoms with Gasteiger partial charge in [0.2, 0.25) is 0 Å². The van der Waals surface area contributed by atoms with Crippen molar-refractivity contribution in [2.24, 2.45) is 4.99 Å². The van der Waals surface area contributed by atoms with Gasteiger partial charge in [0.15, 0.2) is 5.49 Å². The van der Waals surface area contributed by atoms with E-state index in [1.165, 1.54) is 0 Å². The van der Waals surface area contributed by atoms with Crippen LogP contribution in [-0.4, -0.2) is 28.4 Å². The zero-order valence-electron chi connectivity index (χ0n) is 9.81. The lowest BCUT2D eigenvalue weighted by Crippen LogP contribution is -2.32. The summed E-state index contributed by atoms with van der Waals surface area (Å²) in [6.07, 6.45) is -2.60. The van der Waals surface area contributed by atoms with Crippen molar-refractivity contribution in [2.75, 3.05) is 6.54 Å². The summed E-state index contributed by atoms with van der Waals surface area (Å²) in [4.78, 5) is 15.3. The SMILES string of the molecule is O=C(N=c1ccc(C(F)(F)F)cn1O)[C@@H]1CCCN1. The third kappa shape index (κ3) is 3.14. The van der Waals surface area contributed by atoms with Gasteiger partial charge in [-0.1, -0.05) is 0 Å². The van der Waals surface area contributed by atoms with E-state index in [0.29, 0.717) is 19.2 Å². The van der Waals surface area contributed by atoms with Crippen LogP contribution in [0.25, 0.3) is 0 Å². The van der Waals surface area contributed by atoms with E-state index in [0.717, 1.165) is 18.6 Å². The van der Waals surface area contributed by atoms with Crippen LogP contribution in [0.2, 0.25) is 0 Å². The molecule has 0 radical (unpaired) electrons. The molecule has 1 aromatic rings. The van der Waals surface area contributed by atoms with Crippen LogP contribution in [0.1, 0.15) is 18.4 Å². The molecule has 0 aromatic carbocycles. The molecule has 0 spiro atoms.